The molecule has 0 saturated heterocycles. The fourth-order valence-electron chi connectivity index (χ4n) is 1.58. The molecule has 0 unspecified atom stereocenters. The normalized spacial score (nSPS) is 11.6. The van der Waals surface area contributed by atoms with Crippen LogP contribution in [-0.4, -0.2) is 11.2 Å². The molecule has 0 aliphatic heterocycles. The minimum absolute atomic E-state index is 0.210. The summed E-state index contributed by atoms with van der Waals surface area (Å²) in [6, 6.07) is 7.54. The van der Waals surface area contributed by atoms with Crippen LogP contribution in [0.1, 0.15) is 5.69 Å². The first-order valence-electron chi connectivity index (χ1n) is 5.30. The first-order valence-corrected chi connectivity index (χ1v) is 6.52. The molecule has 1 aromatic heterocycles. The van der Waals surface area contributed by atoms with Crippen LogP contribution in [0.25, 0.3) is 11.3 Å². The van der Waals surface area contributed by atoms with E-state index in [2.05, 4.69) is 4.98 Å². The first kappa shape index (κ1) is 13.9. The SMILES string of the molecule is CSc1ccc(C(F)(F)F)nc1-c1ccc(F)cc1. The summed E-state index contributed by atoms with van der Waals surface area (Å²) in [6.45, 7) is 0. The Labute approximate surface area is 111 Å². The largest absolute Gasteiger partial charge is 0.433 e. The summed E-state index contributed by atoms with van der Waals surface area (Å²) in [5.74, 6) is -0.443. The van der Waals surface area contributed by atoms with E-state index in [9.17, 15) is 17.6 Å². The maximum absolute atomic E-state index is 12.8. The van der Waals surface area contributed by atoms with E-state index in [-0.39, 0.29) is 5.69 Å². The molecule has 0 aliphatic rings. The standard InChI is InChI=1S/C13H9F4NS/c1-19-10-6-7-11(13(15,16)17)18-12(10)8-2-4-9(14)5-3-8/h2-7H,1H3. The summed E-state index contributed by atoms with van der Waals surface area (Å²) in [6.07, 6.45) is -2.75. The molecule has 0 radical (unpaired) electrons. The summed E-state index contributed by atoms with van der Waals surface area (Å²) in [5, 5.41) is 0. The van der Waals surface area contributed by atoms with Gasteiger partial charge in [-0.15, -0.1) is 11.8 Å². The van der Waals surface area contributed by atoms with Crippen LogP contribution >= 0.6 is 11.8 Å². The molecule has 0 aliphatic carbocycles. The lowest BCUT2D eigenvalue weighted by molar-refractivity contribution is -0.141. The molecule has 19 heavy (non-hydrogen) atoms. The van der Waals surface area contributed by atoms with E-state index in [0.717, 1.165) is 6.07 Å². The van der Waals surface area contributed by atoms with Crippen LogP contribution in [-0.2, 0) is 6.18 Å². The number of hydrogen-bond acceptors (Lipinski definition) is 2. The lowest BCUT2D eigenvalue weighted by atomic mass is 10.1. The molecule has 0 saturated carbocycles. The molecule has 0 bridgehead atoms. The predicted molar refractivity (Wildman–Crippen MR) is 66.4 cm³/mol. The molecule has 1 heterocycles. The Morgan fingerprint density at radius 3 is 2.16 bits per heavy atom. The number of rotatable bonds is 2. The van der Waals surface area contributed by atoms with Gasteiger partial charge in [0, 0.05) is 10.5 Å². The Morgan fingerprint density at radius 2 is 1.63 bits per heavy atom. The van der Waals surface area contributed by atoms with Crippen LogP contribution in [0, 0.1) is 5.82 Å². The van der Waals surface area contributed by atoms with E-state index >= 15 is 0 Å². The smallest absolute Gasteiger partial charge is 0.242 e. The quantitative estimate of drug-likeness (QED) is 0.590. The van der Waals surface area contributed by atoms with Gasteiger partial charge in [-0.3, -0.25) is 0 Å². The average Bonchev–Trinajstić information content (AvgIpc) is 2.38. The molecular formula is C13H9F4NS. The second kappa shape index (κ2) is 5.21. The van der Waals surface area contributed by atoms with Crippen molar-refractivity contribution >= 4 is 11.8 Å². The monoisotopic (exact) mass is 287 g/mol. The molecule has 1 nitrogen and oxygen atoms in total. The second-order valence-corrected chi connectivity index (χ2v) is 4.60. The summed E-state index contributed by atoms with van der Waals surface area (Å²) >= 11 is 1.29. The van der Waals surface area contributed by atoms with Crippen molar-refractivity contribution in [1.29, 1.82) is 0 Å². The molecular weight excluding hydrogens is 278 g/mol. The van der Waals surface area contributed by atoms with Crippen LogP contribution in [0.5, 0.6) is 0 Å². The number of alkyl halides is 3. The maximum Gasteiger partial charge on any atom is 0.433 e. The highest BCUT2D eigenvalue weighted by atomic mass is 32.2. The van der Waals surface area contributed by atoms with Gasteiger partial charge in [0.1, 0.15) is 11.5 Å². The summed E-state index contributed by atoms with van der Waals surface area (Å²) in [5.41, 5.74) is -0.288. The Morgan fingerprint density at radius 1 is 1.00 bits per heavy atom. The molecule has 0 amide bonds. The zero-order valence-corrected chi connectivity index (χ0v) is 10.6. The number of nitrogens with zero attached hydrogens (tertiary/aromatic N) is 1. The van der Waals surface area contributed by atoms with Crippen LogP contribution in [0.4, 0.5) is 17.6 Å². The highest BCUT2D eigenvalue weighted by molar-refractivity contribution is 7.98. The topological polar surface area (TPSA) is 12.9 Å². The third-order valence-corrected chi connectivity index (χ3v) is 3.26. The number of aromatic nitrogens is 1. The molecule has 1 aromatic carbocycles. The lowest BCUT2D eigenvalue weighted by Crippen LogP contribution is -2.08. The predicted octanol–water partition coefficient (Wildman–Crippen LogP) is 4.63. The third-order valence-electron chi connectivity index (χ3n) is 2.49. The lowest BCUT2D eigenvalue weighted by Gasteiger charge is -2.11. The molecule has 2 rings (SSSR count). The zero-order valence-electron chi connectivity index (χ0n) is 9.83. The average molecular weight is 287 g/mol. The van der Waals surface area contributed by atoms with Gasteiger partial charge in [0.2, 0.25) is 0 Å². The molecule has 0 atom stereocenters. The number of pyridine rings is 1. The number of thioether (sulfide) groups is 1. The van der Waals surface area contributed by atoms with Crippen molar-refractivity contribution in [1.82, 2.24) is 4.98 Å². The van der Waals surface area contributed by atoms with Crippen molar-refractivity contribution < 1.29 is 17.6 Å². The Kier molecular flexibility index (Phi) is 3.80. The van der Waals surface area contributed by atoms with Crippen LogP contribution < -0.4 is 0 Å². The van der Waals surface area contributed by atoms with Crippen molar-refractivity contribution in [2.24, 2.45) is 0 Å². The van der Waals surface area contributed by atoms with Crippen LogP contribution in [0.3, 0.4) is 0 Å². The van der Waals surface area contributed by atoms with Crippen LogP contribution in [0.2, 0.25) is 0 Å². The number of halogens is 4. The van der Waals surface area contributed by atoms with Gasteiger partial charge in [0.25, 0.3) is 0 Å². The Hall–Kier alpha value is -1.56. The van der Waals surface area contributed by atoms with Gasteiger partial charge in [-0.25, -0.2) is 9.37 Å². The van der Waals surface area contributed by atoms with E-state index in [1.54, 1.807) is 6.26 Å². The van der Waals surface area contributed by atoms with Crippen molar-refractivity contribution in [2.45, 2.75) is 11.1 Å². The number of benzene rings is 1. The minimum atomic E-state index is -4.49. The Balaban J connectivity index is 2.56. The minimum Gasteiger partial charge on any atom is -0.242 e. The second-order valence-electron chi connectivity index (χ2n) is 3.75. The fourth-order valence-corrected chi connectivity index (χ4v) is 2.14. The fraction of sp³-hybridized carbons (Fsp3) is 0.154. The van der Waals surface area contributed by atoms with E-state index < -0.39 is 17.7 Å². The van der Waals surface area contributed by atoms with Crippen molar-refractivity contribution in [3.05, 3.63) is 47.9 Å². The summed E-state index contributed by atoms with van der Waals surface area (Å²) in [4.78, 5) is 4.26. The van der Waals surface area contributed by atoms with Crippen LogP contribution in [0.15, 0.2) is 41.3 Å². The van der Waals surface area contributed by atoms with Crippen molar-refractivity contribution in [3.8, 4) is 11.3 Å². The highest BCUT2D eigenvalue weighted by Gasteiger charge is 2.33. The van der Waals surface area contributed by atoms with E-state index in [1.807, 2.05) is 0 Å². The van der Waals surface area contributed by atoms with E-state index in [0.29, 0.717) is 10.5 Å². The number of hydrogen-bond donors (Lipinski definition) is 0. The zero-order chi connectivity index (χ0) is 14.0. The summed E-state index contributed by atoms with van der Waals surface area (Å²) in [7, 11) is 0. The molecule has 0 fully saturated rings. The van der Waals surface area contributed by atoms with Gasteiger partial charge in [-0.1, -0.05) is 0 Å². The van der Waals surface area contributed by atoms with Crippen molar-refractivity contribution in [2.75, 3.05) is 6.26 Å². The van der Waals surface area contributed by atoms with Gasteiger partial charge in [0.15, 0.2) is 0 Å². The van der Waals surface area contributed by atoms with Gasteiger partial charge in [-0.05, 0) is 42.7 Å². The van der Waals surface area contributed by atoms with Gasteiger partial charge in [-0.2, -0.15) is 13.2 Å². The molecule has 0 spiro atoms. The third kappa shape index (κ3) is 3.07. The van der Waals surface area contributed by atoms with Gasteiger partial charge in [0.05, 0.1) is 5.69 Å². The Bertz CT molecular complexity index is 578. The van der Waals surface area contributed by atoms with E-state index in [1.165, 1.54) is 42.1 Å². The van der Waals surface area contributed by atoms with E-state index in [4.69, 9.17) is 0 Å². The van der Waals surface area contributed by atoms with Gasteiger partial charge < -0.3 is 0 Å². The van der Waals surface area contributed by atoms with Gasteiger partial charge >= 0.3 is 6.18 Å². The molecule has 6 heteroatoms. The molecule has 100 valence electrons. The molecule has 2 aromatic rings. The highest BCUT2D eigenvalue weighted by Crippen LogP contribution is 2.34. The van der Waals surface area contributed by atoms with Crippen molar-refractivity contribution in [3.63, 3.8) is 0 Å². The maximum atomic E-state index is 12.8. The summed E-state index contributed by atoms with van der Waals surface area (Å²) < 4.78 is 50.8. The first-order chi connectivity index (χ1) is 8.91. The molecule has 0 N–H and O–H groups in total.